The number of halogens is 1. The summed E-state index contributed by atoms with van der Waals surface area (Å²) in [5.74, 6) is -0.254. The van der Waals surface area contributed by atoms with Gasteiger partial charge in [0, 0.05) is 12.6 Å². The van der Waals surface area contributed by atoms with Crippen LogP contribution in [0.4, 0.5) is 4.39 Å². The van der Waals surface area contributed by atoms with Gasteiger partial charge in [0.15, 0.2) is 0 Å². The number of hydrogen-bond donors (Lipinski definition) is 1. The lowest BCUT2D eigenvalue weighted by Crippen LogP contribution is -2.34. The lowest BCUT2D eigenvalue weighted by Gasteiger charge is -2.31. The molecule has 1 aliphatic carbocycles. The zero-order valence-corrected chi connectivity index (χ0v) is 11.7. The van der Waals surface area contributed by atoms with Crippen molar-refractivity contribution in [2.45, 2.75) is 50.7 Å². The fourth-order valence-electron chi connectivity index (χ4n) is 2.88. The Morgan fingerprint density at radius 2 is 1.84 bits per heavy atom. The van der Waals surface area contributed by atoms with Crippen LogP contribution in [0.25, 0.3) is 0 Å². The average molecular weight is 265 g/mol. The van der Waals surface area contributed by atoms with Gasteiger partial charge in [0.1, 0.15) is 5.82 Å². The third-order valence-corrected chi connectivity index (χ3v) is 4.21. The number of hydrogen-bond acceptors (Lipinski definition) is 2. The van der Waals surface area contributed by atoms with Gasteiger partial charge in [-0.3, -0.25) is 0 Å². The molecule has 0 amide bonds. The molecule has 1 fully saturated rings. The second kappa shape index (κ2) is 7.01. The predicted molar refractivity (Wildman–Crippen MR) is 75.5 cm³/mol. The van der Waals surface area contributed by atoms with E-state index in [-0.39, 0.29) is 5.82 Å². The molecule has 1 aromatic carbocycles. The summed E-state index contributed by atoms with van der Waals surface area (Å²) < 4.78 is 12.8. The minimum Gasteiger partial charge on any atom is -0.388 e. The highest BCUT2D eigenvalue weighted by molar-refractivity contribution is 5.18. The standard InChI is InChI=1S/C16H24FNO/c1-18(15-5-3-2-4-6-15)12-11-16(19)13-7-9-14(17)10-8-13/h7-10,15-16,19H,2-6,11-12H2,1H3. The summed E-state index contributed by atoms with van der Waals surface area (Å²) in [6.07, 6.45) is 6.80. The van der Waals surface area contributed by atoms with Gasteiger partial charge in [-0.2, -0.15) is 0 Å². The lowest BCUT2D eigenvalue weighted by atomic mass is 9.94. The molecule has 3 heteroatoms. The summed E-state index contributed by atoms with van der Waals surface area (Å²) in [5.41, 5.74) is 0.804. The summed E-state index contributed by atoms with van der Waals surface area (Å²) in [5, 5.41) is 10.1. The van der Waals surface area contributed by atoms with Gasteiger partial charge in [0.25, 0.3) is 0 Å². The molecule has 1 saturated carbocycles. The molecule has 0 bridgehead atoms. The Bertz CT molecular complexity index is 373. The van der Waals surface area contributed by atoms with E-state index in [0.29, 0.717) is 12.5 Å². The number of benzene rings is 1. The first-order valence-electron chi connectivity index (χ1n) is 7.30. The van der Waals surface area contributed by atoms with Gasteiger partial charge in [-0.15, -0.1) is 0 Å². The van der Waals surface area contributed by atoms with Gasteiger partial charge in [-0.05, 0) is 44.0 Å². The smallest absolute Gasteiger partial charge is 0.123 e. The van der Waals surface area contributed by atoms with E-state index < -0.39 is 6.10 Å². The molecule has 2 rings (SSSR count). The van der Waals surface area contributed by atoms with Crippen LogP contribution >= 0.6 is 0 Å². The highest BCUT2D eigenvalue weighted by Gasteiger charge is 2.18. The fraction of sp³-hybridized carbons (Fsp3) is 0.625. The third-order valence-electron chi connectivity index (χ3n) is 4.21. The Balaban J connectivity index is 1.79. The second-order valence-electron chi connectivity index (χ2n) is 5.63. The van der Waals surface area contributed by atoms with Crippen molar-refractivity contribution < 1.29 is 9.50 Å². The van der Waals surface area contributed by atoms with E-state index in [9.17, 15) is 9.50 Å². The van der Waals surface area contributed by atoms with Gasteiger partial charge >= 0.3 is 0 Å². The van der Waals surface area contributed by atoms with E-state index in [0.717, 1.165) is 12.1 Å². The van der Waals surface area contributed by atoms with Crippen LogP contribution in [-0.2, 0) is 0 Å². The SMILES string of the molecule is CN(CCC(O)c1ccc(F)cc1)C1CCCCC1. The van der Waals surface area contributed by atoms with Crippen LogP contribution in [0.2, 0.25) is 0 Å². The minimum absolute atomic E-state index is 0.254. The molecule has 0 spiro atoms. The Morgan fingerprint density at radius 3 is 2.47 bits per heavy atom. The van der Waals surface area contributed by atoms with Crippen LogP contribution in [-0.4, -0.2) is 29.6 Å². The van der Waals surface area contributed by atoms with Crippen molar-refractivity contribution in [1.82, 2.24) is 4.90 Å². The van der Waals surface area contributed by atoms with E-state index in [1.165, 1.54) is 44.2 Å². The van der Waals surface area contributed by atoms with Crippen LogP contribution in [0.15, 0.2) is 24.3 Å². The van der Waals surface area contributed by atoms with Gasteiger partial charge < -0.3 is 10.0 Å². The zero-order valence-electron chi connectivity index (χ0n) is 11.7. The van der Waals surface area contributed by atoms with Crippen molar-refractivity contribution in [1.29, 1.82) is 0 Å². The minimum atomic E-state index is -0.494. The number of nitrogens with zero attached hydrogens (tertiary/aromatic N) is 1. The van der Waals surface area contributed by atoms with Crippen molar-refractivity contribution in [3.8, 4) is 0 Å². The van der Waals surface area contributed by atoms with Gasteiger partial charge in [0.05, 0.1) is 6.10 Å². The summed E-state index contributed by atoms with van der Waals surface area (Å²) in [6, 6.07) is 6.82. The summed E-state index contributed by atoms with van der Waals surface area (Å²) in [7, 11) is 2.15. The van der Waals surface area contributed by atoms with Crippen molar-refractivity contribution in [3.05, 3.63) is 35.6 Å². The van der Waals surface area contributed by atoms with Crippen molar-refractivity contribution in [3.63, 3.8) is 0 Å². The Morgan fingerprint density at radius 1 is 1.21 bits per heavy atom. The summed E-state index contributed by atoms with van der Waals surface area (Å²) >= 11 is 0. The highest BCUT2D eigenvalue weighted by Crippen LogP contribution is 2.23. The first kappa shape index (κ1) is 14.5. The maximum atomic E-state index is 12.8. The number of aliphatic hydroxyl groups is 1. The van der Waals surface area contributed by atoms with Crippen molar-refractivity contribution in [2.75, 3.05) is 13.6 Å². The topological polar surface area (TPSA) is 23.5 Å². The summed E-state index contributed by atoms with van der Waals surface area (Å²) in [6.45, 7) is 0.892. The summed E-state index contributed by atoms with van der Waals surface area (Å²) in [4.78, 5) is 2.37. The first-order valence-corrected chi connectivity index (χ1v) is 7.30. The Labute approximate surface area is 115 Å². The van der Waals surface area contributed by atoms with E-state index in [2.05, 4.69) is 11.9 Å². The molecule has 1 N–H and O–H groups in total. The molecule has 2 nitrogen and oxygen atoms in total. The van der Waals surface area contributed by atoms with Crippen LogP contribution in [0.5, 0.6) is 0 Å². The van der Waals surface area contributed by atoms with E-state index >= 15 is 0 Å². The first-order chi connectivity index (χ1) is 9.16. The van der Waals surface area contributed by atoms with Crippen LogP contribution in [0.3, 0.4) is 0 Å². The molecule has 19 heavy (non-hydrogen) atoms. The molecule has 106 valence electrons. The number of rotatable bonds is 5. The molecule has 0 saturated heterocycles. The zero-order chi connectivity index (χ0) is 13.7. The maximum absolute atomic E-state index is 12.8. The molecule has 0 aliphatic heterocycles. The predicted octanol–water partition coefficient (Wildman–Crippen LogP) is 3.51. The number of aliphatic hydroxyl groups excluding tert-OH is 1. The van der Waals surface area contributed by atoms with Crippen molar-refractivity contribution >= 4 is 0 Å². The molecule has 1 unspecified atom stereocenters. The van der Waals surface area contributed by atoms with Gasteiger partial charge in [0.2, 0.25) is 0 Å². The molecule has 1 aliphatic rings. The fourth-order valence-corrected chi connectivity index (χ4v) is 2.88. The maximum Gasteiger partial charge on any atom is 0.123 e. The van der Waals surface area contributed by atoms with Gasteiger partial charge in [-0.1, -0.05) is 31.4 Å². The molecule has 0 radical (unpaired) electrons. The van der Waals surface area contributed by atoms with E-state index in [1.807, 2.05) is 0 Å². The third kappa shape index (κ3) is 4.29. The van der Waals surface area contributed by atoms with Crippen LogP contribution in [0, 0.1) is 5.82 Å². The lowest BCUT2D eigenvalue weighted by molar-refractivity contribution is 0.125. The highest BCUT2D eigenvalue weighted by atomic mass is 19.1. The van der Waals surface area contributed by atoms with E-state index in [4.69, 9.17) is 0 Å². The largest absolute Gasteiger partial charge is 0.388 e. The molecule has 1 aromatic rings. The van der Waals surface area contributed by atoms with Crippen LogP contribution in [0.1, 0.15) is 50.2 Å². The van der Waals surface area contributed by atoms with Crippen molar-refractivity contribution in [2.24, 2.45) is 0 Å². The second-order valence-corrected chi connectivity index (χ2v) is 5.63. The van der Waals surface area contributed by atoms with Crippen LogP contribution < -0.4 is 0 Å². The quantitative estimate of drug-likeness (QED) is 0.880. The Kier molecular flexibility index (Phi) is 5.34. The van der Waals surface area contributed by atoms with Gasteiger partial charge in [-0.25, -0.2) is 4.39 Å². The average Bonchev–Trinajstić information content (AvgIpc) is 2.46. The Hall–Kier alpha value is -0.930. The molecule has 0 aromatic heterocycles. The molecule has 1 atom stereocenters. The molecular weight excluding hydrogens is 241 g/mol. The normalized spacial score (nSPS) is 18.7. The molecule has 0 heterocycles. The van der Waals surface area contributed by atoms with E-state index in [1.54, 1.807) is 12.1 Å². The monoisotopic (exact) mass is 265 g/mol. The molecular formula is C16H24FNO.